The average Bonchev–Trinajstić information content (AvgIpc) is 2.83. The Labute approximate surface area is 111 Å². The molecule has 1 unspecified atom stereocenters. The van der Waals surface area contributed by atoms with E-state index in [1.54, 1.807) is 11.0 Å². The highest BCUT2D eigenvalue weighted by Crippen LogP contribution is 2.18. The van der Waals surface area contributed by atoms with Crippen molar-refractivity contribution in [2.24, 2.45) is 0 Å². The molecule has 1 aliphatic rings. The number of rotatable bonds is 3. The fourth-order valence-electron chi connectivity index (χ4n) is 2.29. The highest BCUT2D eigenvalue weighted by Gasteiger charge is 2.27. The molecule has 0 bridgehead atoms. The zero-order chi connectivity index (χ0) is 13.1. The largest absolute Gasteiger partial charge is 0.335 e. The van der Waals surface area contributed by atoms with Crippen molar-refractivity contribution in [3.63, 3.8) is 0 Å². The van der Waals surface area contributed by atoms with E-state index in [-0.39, 0.29) is 17.5 Å². The molecule has 1 N–H and O–H groups in total. The molecular formula is C13H16ClFN2O. The molecule has 18 heavy (non-hydrogen) atoms. The molecule has 3 nitrogen and oxygen atoms in total. The Morgan fingerprint density at radius 2 is 2.39 bits per heavy atom. The van der Waals surface area contributed by atoms with Crippen LogP contribution < -0.4 is 5.32 Å². The van der Waals surface area contributed by atoms with Crippen LogP contribution in [0, 0.1) is 5.82 Å². The SMILES string of the molecule is CCN(C(=O)c1ccc(Cl)cc1F)C1CCNC1. The summed E-state index contributed by atoms with van der Waals surface area (Å²) in [6.45, 7) is 4.16. The number of hydrogen-bond acceptors (Lipinski definition) is 2. The predicted molar refractivity (Wildman–Crippen MR) is 69.4 cm³/mol. The van der Waals surface area contributed by atoms with E-state index in [4.69, 9.17) is 11.6 Å². The van der Waals surface area contributed by atoms with Crippen molar-refractivity contribution in [3.05, 3.63) is 34.6 Å². The normalized spacial score (nSPS) is 18.9. The molecule has 1 aliphatic heterocycles. The lowest BCUT2D eigenvalue weighted by Gasteiger charge is -2.27. The van der Waals surface area contributed by atoms with Crippen molar-refractivity contribution >= 4 is 17.5 Å². The molecule has 0 aromatic heterocycles. The molecule has 1 saturated heterocycles. The fourth-order valence-corrected chi connectivity index (χ4v) is 2.45. The van der Waals surface area contributed by atoms with Crippen LogP contribution in [0.5, 0.6) is 0 Å². The van der Waals surface area contributed by atoms with Crippen LogP contribution in [-0.2, 0) is 0 Å². The molecule has 5 heteroatoms. The minimum absolute atomic E-state index is 0.0909. The van der Waals surface area contributed by atoms with Crippen molar-refractivity contribution in [1.82, 2.24) is 10.2 Å². The summed E-state index contributed by atoms with van der Waals surface area (Å²) >= 11 is 5.69. The Morgan fingerprint density at radius 3 is 2.94 bits per heavy atom. The highest BCUT2D eigenvalue weighted by atomic mass is 35.5. The molecule has 1 aromatic rings. The maximum Gasteiger partial charge on any atom is 0.257 e. The summed E-state index contributed by atoms with van der Waals surface area (Å²) in [6.07, 6.45) is 0.911. The van der Waals surface area contributed by atoms with Crippen LogP contribution in [-0.4, -0.2) is 36.5 Å². The number of likely N-dealkylation sites (N-methyl/N-ethyl adjacent to an activating group) is 1. The van der Waals surface area contributed by atoms with Gasteiger partial charge < -0.3 is 10.2 Å². The van der Waals surface area contributed by atoms with Gasteiger partial charge in [-0.2, -0.15) is 0 Å². The van der Waals surface area contributed by atoms with Gasteiger partial charge in [0, 0.05) is 24.2 Å². The summed E-state index contributed by atoms with van der Waals surface area (Å²) in [5.41, 5.74) is 0.0909. The maximum absolute atomic E-state index is 13.7. The Morgan fingerprint density at radius 1 is 1.61 bits per heavy atom. The third kappa shape index (κ3) is 2.65. The molecule has 0 spiro atoms. The molecule has 1 fully saturated rings. The van der Waals surface area contributed by atoms with Crippen molar-refractivity contribution in [2.75, 3.05) is 19.6 Å². The van der Waals surface area contributed by atoms with E-state index < -0.39 is 5.82 Å². The van der Waals surface area contributed by atoms with Gasteiger partial charge in [-0.1, -0.05) is 11.6 Å². The van der Waals surface area contributed by atoms with Gasteiger partial charge >= 0.3 is 0 Å². The van der Waals surface area contributed by atoms with E-state index in [9.17, 15) is 9.18 Å². The molecule has 98 valence electrons. The van der Waals surface area contributed by atoms with E-state index in [0.29, 0.717) is 11.6 Å². The fraction of sp³-hybridized carbons (Fsp3) is 0.462. The van der Waals surface area contributed by atoms with Gasteiger partial charge in [-0.05, 0) is 38.1 Å². The molecule has 1 atom stereocenters. The van der Waals surface area contributed by atoms with Crippen molar-refractivity contribution in [1.29, 1.82) is 0 Å². The molecule has 1 amide bonds. The number of nitrogens with zero attached hydrogens (tertiary/aromatic N) is 1. The van der Waals surface area contributed by atoms with Crippen LogP contribution in [0.1, 0.15) is 23.7 Å². The first-order chi connectivity index (χ1) is 8.63. The minimum atomic E-state index is -0.558. The Balaban J connectivity index is 2.22. The van der Waals surface area contributed by atoms with Crippen LogP contribution in [0.3, 0.4) is 0 Å². The molecule has 0 aliphatic carbocycles. The quantitative estimate of drug-likeness (QED) is 0.914. The van der Waals surface area contributed by atoms with Gasteiger partial charge in [-0.25, -0.2) is 4.39 Å². The summed E-state index contributed by atoms with van der Waals surface area (Å²) in [5.74, 6) is -0.822. The second-order valence-electron chi connectivity index (χ2n) is 4.36. The molecule has 0 radical (unpaired) electrons. The van der Waals surface area contributed by atoms with Crippen LogP contribution >= 0.6 is 11.6 Å². The van der Waals surface area contributed by atoms with Gasteiger partial charge in [-0.15, -0.1) is 0 Å². The van der Waals surface area contributed by atoms with Gasteiger partial charge in [0.15, 0.2) is 0 Å². The predicted octanol–water partition coefficient (Wildman–Crippen LogP) is 2.30. The zero-order valence-corrected chi connectivity index (χ0v) is 11.0. The smallest absolute Gasteiger partial charge is 0.257 e. The third-order valence-electron chi connectivity index (χ3n) is 3.24. The summed E-state index contributed by atoms with van der Waals surface area (Å²) in [6, 6.07) is 4.32. The lowest BCUT2D eigenvalue weighted by atomic mass is 10.1. The molecule has 1 aromatic carbocycles. The Kier molecular flexibility index (Phi) is 4.19. The lowest BCUT2D eigenvalue weighted by Crippen LogP contribution is -2.41. The van der Waals surface area contributed by atoms with E-state index in [2.05, 4.69) is 5.32 Å². The first kappa shape index (κ1) is 13.3. The third-order valence-corrected chi connectivity index (χ3v) is 3.47. The van der Waals surface area contributed by atoms with Crippen LogP contribution in [0.4, 0.5) is 4.39 Å². The van der Waals surface area contributed by atoms with Crippen LogP contribution in [0.25, 0.3) is 0 Å². The number of nitrogens with one attached hydrogen (secondary N) is 1. The summed E-state index contributed by atoms with van der Waals surface area (Å²) < 4.78 is 13.7. The van der Waals surface area contributed by atoms with Crippen molar-refractivity contribution in [2.45, 2.75) is 19.4 Å². The topological polar surface area (TPSA) is 32.3 Å². The van der Waals surface area contributed by atoms with E-state index in [1.807, 2.05) is 6.92 Å². The van der Waals surface area contributed by atoms with Gasteiger partial charge in [-0.3, -0.25) is 4.79 Å². The van der Waals surface area contributed by atoms with Gasteiger partial charge in [0.05, 0.1) is 5.56 Å². The van der Waals surface area contributed by atoms with E-state index in [0.717, 1.165) is 19.5 Å². The average molecular weight is 271 g/mol. The number of benzene rings is 1. The highest BCUT2D eigenvalue weighted by molar-refractivity contribution is 6.30. The Hall–Kier alpha value is -1.13. The van der Waals surface area contributed by atoms with Gasteiger partial charge in [0.1, 0.15) is 5.82 Å². The van der Waals surface area contributed by atoms with Gasteiger partial charge in [0.2, 0.25) is 0 Å². The van der Waals surface area contributed by atoms with Crippen LogP contribution in [0.2, 0.25) is 5.02 Å². The first-order valence-corrected chi connectivity index (χ1v) is 6.48. The second kappa shape index (κ2) is 5.67. The zero-order valence-electron chi connectivity index (χ0n) is 10.2. The summed E-state index contributed by atoms with van der Waals surface area (Å²) in [7, 11) is 0. The summed E-state index contributed by atoms with van der Waals surface area (Å²) in [4.78, 5) is 14.0. The number of halogens is 2. The Bertz CT molecular complexity index is 447. The number of amides is 1. The summed E-state index contributed by atoms with van der Waals surface area (Å²) in [5, 5.41) is 3.51. The minimum Gasteiger partial charge on any atom is -0.335 e. The van der Waals surface area contributed by atoms with Crippen molar-refractivity contribution in [3.8, 4) is 0 Å². The van der Waals surface area contributed by atoms with E-state index in [1.165, 1.54) is 12.1 Å². The lowest BCUT2D eigenvalue weighted by molar-refractivity contribution is 0.0699. The van der Waals surface area contributed by atoms with Crippen LogP contribution in [0.15, 0.2) is 18.2 Å². The monoisotopic (exact) mass is 270 g/mol. The molecule has 1 heterocycles. The molecule has 0 saturated carbocycles. The van der Waals surface area contributed by atoms with E-state index >= 15 is 0 Å². The van der Waals surface area contributed by atoms with Gasteiger partial charge in [0.25, 0.3) is 5.91 Å². The molecular weight excluding hydrogens is 255 g/mol. The number of hydrogen-bond donors (Lipinski definition) is 1. The van der Waals surface area contributed by atoms with Crippen molar-refractivity contribution < 1.29 is 9.18 Å². The number of carbonyl (C=O) groups excluding carboxylic acids is 1. The standard InChI is InChI=1S/C13H16ClFN2O/c1-2-17(10-5-6-16-8-10)13(18)11-4-3-9(14)7-12(11)15/h3-4,7,10,16H,2,5-6,8H2,1H3. The number of carbonyl (C=O) groups is 1. The second-order valence-corrected chi connectivity index (χ2v) is 4.80. The molecule has 2 rings (SSSR count). The first-order valence-electron chi connectivity index (χ1n) is 6.10. The maximum atomic E-state index is 13.7.